The van der Waals surface area contributed by atoms with Crippen molar-refractivity contribution in [3.63, 3.8) is 0 Å². The smallest absolute Gasteiger partial charge is 0.213 e. The average molecular weight is 233 g/mol. The highest BCUT2D eigenvalue weighted by molar-refractivity contribution is 5.49. The molecule has 0 radical (unpaired) electrons. The molecule has 1 unspecified atom stereocenters. The van der Waals surface area contributed by atoms with Gasteiger partial charge in [-0.2, -0.15) is 4.39 Å². The Kier molecular flexibility index (Phi) is 2.36. The fraction of sp³-hybridized carbons (Fsp3) is 0.364. The zero-order valence-electron chi connectivity index (χ0n) is 9.39. The lowest BCUT2D eigenvalue weighted by Gasteiger charge is -2.23. The summed E-state index contributed by atoms with van der Waals surface area (Å²) in [4.78, 5) is 3.85. The number of fused-ring (bicyclic) bond motifs is 1. The minimum Gasteiger partial charge on any atom is -0.308 e. The molecule has 1 N–H and O–H groups in total. The van der Waals surface area contributed by atoms with Crippen LogP contribution in [0.25, 0.3) is 11.5 Å². The standard InChI is InChI=1S/C11H12FN5/c1-7-5-13-6-10-15-16-11(17(7)10)8-3-2-4-9(12)14-8/h2-4,7,13H,5-6H2,1H3. The van der Waals surface area contributed by atoms with Gasteiger partial charge in [-0.3, -0.25) is 0 Å². The molecule has 0 spiro atoms. The van der Waals surface area contributed by atoms with Gasteiger partial charge in [0, 0.05) is 12.6 Å². The van der Waals surface area contributed by atoms with Gasteiger partial charge in [-0.1, -0.05) is 6.07 Å². The summed E-state index contributed by atoms with van der Waals surface area (Å²) >= 11 is 0. The molecule has 6 heteroatoms. The lowest BCUT2D eigenvalue weighted by Crippen LogP contribution is -2.32. The van der Waals surface area contributed by atoms with Crippen LogP contribution in [0.1, 0.15) is 18.8 Å². The van der Waals surface area contributed by atoms with Crippen LogP contribution in [-0.4, -0.2) is 26.3 Å². The summed E-state index contributed by atoms with van der Waals surface area (Å²) in [7, 11) is 0. The predicted octanol–water partition coefficient (Wildman–Crippen LogP) is 1.14. The maximum absolute atomic E-state index is 13.1. The number of nitrogens with zero attached hydrogens (tertiary/aromatic N) is 4. The molecule has 17 heavy (non-hydrogen) atoms. The lowest BCUT2D eigenvalue weighted by atomic mass is 10.2. The lowest BCUT2D eigenvalue weighted by molar-refractivity contribution is 0.424. The van der Waals surface area contributed by atoms with Gasteiger partial charge in [0.25, 0.3) is 0 Å². The quantitative estimate of drug-likeness (QED) is 0.750. The second-order valence-electron chi connectivity index (χ2n) is 4.14. The molecule has 2 aromatic heterocycles. The van der Waals surface area contributed by atoms with Crippen molar-refractivity contribution in [2.24, 2.45) is 0 Å². The van der Waals surface area contributed by atoms with Crippen molar-refractivity contribution in [2.45, 2.75) is 19.5 Å². The average Bonchev–Trinajstić information content (AvgIpc) is 2.74. The fourth-order valence-corrected chi connectivity index (χ4v) is 2.10. The Morgan fingerprint density at radius 1 is 1.41 bits per heavy atom. The molecule has 0 saturated carbocycles. The second-order valence-corrected chi connectivity index (χ2v) is 4.14. The van der Waals surface area contributed by atoms with Gasteiger partial charge in [0.2, 0.25) is 5.95 Å². The van der Waals surface area contributed by atoms with Crippen molar-refractivity contribution >= 4 is 0 Å². The summed E-state index contributed by atoms with van der Waals surface area (Å²) in [5, 5.41) is 11.5. The SMILES string of the molecule is CC1CNCc2nnc(-c3cccc(F)n3)n21. The van der Waals surface area contributed by atoms with Crippen molar-refractivity contribution in [3.8, 4) is 11.5 Å². The number of pyridine rings is 1. The molecule has 3 rings (SSSR count). The number of hydrogen-bond acceptors (Lipinski definition) is 4. The van der Waals surface area contributed by atoms with Gasteiger partial charge < -0.3 is 9.88 Å². The van der Waals surface area contributed by atoms with E-state index in [-0.39, 0.29) is 6.04 Å². The predicted molar refractivity (Wildman–Crippen MR) is 59.6 cm³/mol. The largest absolute Gasteiger partial charge is 0.308 e. The zero-order chi connectivity index (χ0) is 11.8. The van der Waals surface area contributed by atoms with E-state index in [0.29, 0.717) is 18.1 Å². The van der Waals surface area contributed by atoms with Crippen molar-refractivity contribution < 1.29 is 4.39 Å². The number of halogens is 1. The van der Waals surface area contributed by atoms with Crippen LogP contribution in [0, 0.1) is 5.95 Å². The number of aromatic nitrogens is 4. The molecule has 5 nitrogen and oxygen atoms in total. The summed E-state index contributed by atoms with van der Waals surface area (Å²) < 4.78 is 15.1. The van der Waals surface area contributed by atoms with E-state index < -0.39 is 5.95 Å². The molecule has 88 valence electrons. The van der Waals surface area contributed by atoms with Crippen LogP contribution in [0.2, 0.25) is 0 Å². The Balaban J connectivity index is 2.13. The van der Waals surface area contributed by atoms with E-state index in [1.807, 2.05) is 4.57 Å². The highest BCUT2D eigenvalue weighted by Gasteiger charge is 2.22. The Hall–Kier alpha value is -1.82. The Bertz CT molecular complexity index is 551. The molecule has 0 aromatic carbocycles. The van der Waals surface area contributed by atoms with Crippen molar-refractivity contribution in [3.05, 3.63) is 30.0 Å². The summed E-state index contributed by atoms with van der Waals surface area (Å²) in [6.07, 6.45) is 0. The summed E-state index contributed by atoms with van der Waals surface area (Å²) in [5.41, 5.74) is 0.525. The molecule has 0 saturated heterocycles. The first-order valence-electron chi connectivity index (χ1n) is 5.53. The number of rotatable bonds is 1. The van der Waals surface area contributed by atoms with E-state index in [4.69, 9.17) is 0 Å². The fourth-order valence-electron chi connectivity index (χ4n) is 2.10. The van der Waals surface area contributed by atoms with E-state index in [1.54, 1.807) is 12.1 Å². The first-order valence-corrected chi connectivity index (χ1v) is 5.53. The van der Waals surface area contributed by atoms with E-state index in [1.165, 1.54) is 6.07 Å². The molecular weight excluding hydrogens is 221 g/mol. The third-order valence-electron chi connectivity index (χ3n) is 2.87. The highest BCUT2D eigenvalue weighted by Crippen LogP contribution is 2.22. The van der Waals surface area contributed by atoms with Crippen LogP contribution in [0.3, 0.4) is 0 Å². The van der Waals surface area contributed by atoms with Gasteiger partial charge in [-0.05, 0) is 19.1 Å². The van der Waals surface area contributed by atoms with Crippen molar-refractivity contribution in [1.29, 1.82) is 0 Å². The third kappa shape index (κ3) is 1.70. The van der Waals surface area contributed by atoms with Gasteiger partial charge in [0.15, 0.2) is 5.82 Å². The molecule has 0 aliphatic carbocycles. The van der Waals surface area contributed by atoms with Crippen molar-refractivity contribution in [2.75, 3.05) is 6.54 Å². The third-order valence-corrected chi connectivity index (χ3v) is 2.87. The van der Waals surface area contributed by atoms with Gasteiger partial charge >= 0.3 is 0 Å². The number of nitrogens with one attached hydrogen (secondary N) is 1. The molecule has 2 aromatic rings. The van der Waals surface area contributed by atoms with Crippen LogP contribution in [0.15, 0.2) is 18.2 Å². The molecule has 0 amide bonds. The van der Waals surface area contributed by atoms with E-state index >= 15 is 0 Å². The van der Waals surface area contributed by atoms with Crippen LogP contribution < -0.4 is 5.32 Å². The monoisotopic (exact) mass is 233 g/mol. The Labute approximate surface area is 97.7 Å². The first kappa shape index (κ1) is 10.3. The van der Waals surface area contributed by atoms with E-state index in [2.05, 4.69) is 27.4 Å². The molecule has 0 fully saturated rings. The number of hydrogen-bond donors (Lipinski definition) is 1. The minimum atomic E-state index is -0.499. The molecule has 3 heterocycles. The second kappa shape index (κ2) is 3.89. The van der Waals surface area contributed by atoms with E-state index in [9.17, 15) is 4.39 Å². The first-order chi connectivity index (χ1) is 8.25. The van der Waals surface area contributed by atoms with Gasteiger partial charge in [-0.25, -0.2) is 4.98 Å². The van der Waals surface area contributed by atoms with Crippen LogP contribution in [0.5, 0.6) is 0 Å². The minimum absolute atomic E-state index is 0.244. The van der Waals surface area contributed by atoms with Gasteiger partial charge in [-0.15, -0.1) is 10.2 Å². The molecular formula is C11H12FN5. The normalized spacial score (nSPS) is 19.1. The molecule has 1 aliphatic heterocycles. The van der Waals surface area contributed by atoms with Crippen molar-refractivity contribution in [1.82, 2.24) is 25.1 Å². The maximum Gasteiger partial charge on any atom is 0.213 e. The summed E-state index contributed by atoms with van der Waals surface area (Å²) in [6, 6.07) is 4.94. The van der Waals surface area contributed by atoms with Gasteiger partial charge in [0.1, 0.15) is 11.5 Å². The summed E-state index contributed by atoms with van der Waals surface area (Å²) in [6.45, 7) is 3.61. The maximum atomic E-state index is 13.1. The molecule has 0 bridgehead atoms. The Morgan fingerprint density at radius 2 is 2.29 bits per heavy atom. The molecule has 1 atom stereocenters. The Morgan fingerprint density at radius 3 is 3.12 bits per heavy atom. The van der Waals surface area contributed by atoms with Crippen LogP contribution >= 0.6 is 0 Å². The van der Waals surface area contributed by atoms with Crippen LogP contribution in [0.4, 0.5) is 4.39 Å². The summed E-state index contributed by atoms with van der Waals surface area (Å²) in [5.74, 6) is 1.000. The van der Waals surface area contributed by atoms with Gasteiger partial charge in [0.05, 0.1) is 6.54 Å². The topological polar surface area (TPSA) is 55.6 Å². The zero-order valence-corrected chi connectivity index (χ0v) is 9.39. The van der Waals surface area contributed by atoms with E-state index in [0.717, 1.165) is 12.4 Å². The highest BCUT2D eigenvalue weighted by atomic mass is 19.1. The van der Waals surface area contributed by atoms with Crippen LogP contribution in [-0.2, 0) is 6.54 Å². The molecule has 1 aliphatic rings.